The first kappa shape index (κ1) is 26.4. The summed E-state index contributed by atoms with van der Waals surface area (Å²) < 4.78 is 1.59. The molecule has 1 fully saturated rings. The van der Waals surface area contributed by atoms with Crippen molar-refractivity contribution in [2.75, 3.05) is 29.9 Å². The molecule has 1 saturated heterocycles. The van der Waals surface area contributed by atoms with Gasteiger partial charge in [-0.25, -0.2) is 4.68 Å². The number of hydrogen-bond donors (Lipinski definition) is 2. The molecule has 39 heavy (non-hydrogen) atoms. The smallest absolute Gasteiger partial charge is 0.272 e. The van der Waals surface area contributed by atoms with Crippen LogP contribution in [0.4, 0.5) is 11.5 Å². The van der Waals surface area contributed by atoms with Crippen LogP contribution in [0.1, 0.15) is 45.7 Å². The maximum absolute atomic E-state index is 13.2. The molecule has 3 heterocycles. The molecule has 1 aliphatic heterocycles. The van der Waals surface area contributed by atoms with Gasteiger partial charge in [-0.3, -0.25) is 14.6 Å². The highest BCUT2D eigenvalue weighted by Gasteiger charge is 2.24. The molecule has 0 saturated carbocycles. The third-order valence-corrected chi connectivity index (χ3v) is 7.50. The number of amides is 2. The van der Waals surface area contributed by atoms with E-state index in [9.17, 15) is 9.59 Å². The topological polar surface area (TPSA) is 92.2 Å². The first-order valence-electron chi connectivity index (χ1n) is 13.2. The summed E-state index contributed by atoms with van der Waals surface area (Å²) in [6.07, 6.45) is 6.72. The van der Waals surface area contributed by atoms with E-state index in [0.29, 0.717) is 34.4 Å². The van der Waals surface area contributed by atoms with Crippen LogP contribution in [0.2, 0.25) is 5.02 Å². The second-order valence-corrected chi connectivity index (χ2v) is 10.1. The van der Waals surface area contributed by atoms with E-state index in [1.807, 2.05) is 54.9 Å². The van der Waals surface area contributed by atoms with Crippen LogP contribution in [0, 0.1) is 12.8 Å². The number of carbonyl (C=O) groups excluding carboxylic acids is 2. The molecule has 2 N–H and O–H groups in total. The van der Waals surface area contributed by atoms with Crippen LogP contribution in [0.5, 0.6) is 0 Å². The Kier molecular flexibility index (Phi) is 8.22. The first-order valence-corrected chi connectivity index (χ1v) is 13.5. The van der Waals surface area contributed by atoms with Gasteiger partial charge in [0.2, 0.25) is 0 Å². The Bertz CT molecular complexity index is 1430. The maximum Gasteiger partial charge on any atom is 0.272 e. The highest BCUT2D eigenvalue weighted by molar-refractivity contribution is 6.34. The van der Waals surface area contributed by atoms with Gasteiger partial charge in [-0.2, -0.15) is 5.10 Å². The van der Waals surface area contributed by atoms with E-state index in [0.717, 1.165) is 38.0 Å². The molecule has 8 nitrogen and oxygen atoms in total. The third-order valence-electron chi connectivity index (χ3n) is 7.17. The van der Waals surface area contributed by atoms with Gasteiger partial charge in [0.1, 0.15) is 5.82 Å². The number of rotatable bonds is 8. The van der Waals surface area contributed by atoms with Crippen molar-refractivity contribution in [2.45, 2.75) is 26.2 Å². The van der Waals surface area contributed by atoms with Gasteiger partial charge in [0.25, 0.3) is 11.8 Å². The van der Waals surface area contributed by atoms with Crippen LogP contribution in [0.15, 0.2) is 79.1 Å². The minimum absolute atomic E-state index is 0.260. The number of anilines is 2. The van der Waals surface area contributed by atoms with E-state index in [1.165, 1.54) is 5.69 Å². The third kappa shape index (κ3) is 6.12. The number of benzene rings is 2. The fraction of sp³-hybridized carbons (Fsp3) is 0.267. The molecule has 2 amide bonds. The summed E-state index contributed by atoms with van der Waals surface area (Å²) in [5, 5.41) is 10.9. The minimum Gasteiger partial charge on any atom is -0.371 e. The lowest BCUT2D eigenvalue weighted by atomic mass is 9.93. The summed E-state index contributed by atoms with van der Waals surface area (Å²) in [6.45, 7) is 4.35. The Morgan fingerprint density at radius 1 is 0.923 bits per heavy atom. The quantitative estimate of drug-likeness (QED) is 0.306. The lowest BCUT2D eigenvalue weighted by Gasteiger charge is -2.33. The van der Waals surface area contributed by atoms with E-state index in [4.69, 9.17) is 11.6 Å². The molecule has 4 aromatic rings. The van der Waals surface area contributed by atoms with Crippen molar-refractivity contribution in [3.05, 3.63) is 101 Å². The molecule has 0 radical (unpaired) electrons. The molecule has 0 aliphatic carbocycles. The van der Waals surface area contributed by atoms with Crippen molar-refractivity contribution in [2.24, 2.45) is 5.92 Å². The standard InChI is InChI=1S/C30H31ClN6O2/c1-21-27(30(39)33-18-11-22-14-19-36(20-15-22)23-12-16-32-17-13-23)35-37(24-7-3-2-4-8-24)28(21)34-29(38)25-9-5-6-10-26(25)31/h2-10,12-13,16-17,22H,11,14-15,18-20H2,1H3,(H,33,39)(H,34,38). The van der Waals surface area contributed by atoms with Crippen molar-refractivity contribution < 1.29 is 9.59 Å². The summed E-state index contributed by atoms with van der Waals surface area (Å²) in [7, 11) is 0. The van der Waals surface area contributed by atoms with Crippen molar-refractivity contribution in [1.82, 2.24) is 20.1 Å². The second kappa shape index (κ2) is 12.1. The van der Waals surface area contributed by atoms with Gasteiger partial charge in [0.15, 0.2) is 5.69 Å². The van der Waals surface area contributed by atoms with Crippen LogP contribution in [-0.2, 0) is 0 Å². The Hall–Kier alpha value is -4.17. The number of nitrogens with zero attached hydrogens (tertiary/aromatic N) is 4. The SMILES string of the molecule is Cc1c(C(=O)NCCC2CCN(c3ccncc3)CC2)nn(-c2ccccc2)c1NC(=O)c1ccccc1Cl. The Morgan fingerprint density at radius 2 is 1.62 bits per heavy atom. The van der Waals surface area contributed by atoms with Crippen LogP contribution in [0.3, 0.4) is 0 Å². The second-order valence-electron chi connectivity index (χ2n) is 9.68. The largest absolute Gasteiger partial charge is 0.371 e. The monoisotopic (exact) mass is 542 g/mol. The van der Waals surface area contributed by atoms with Gasteiger partial charge in [-0.15, -0.1) is 0 Å². The molecule has 0 unspecified atom stereocenters. The predicted octanol–water partition coefficient (Wildman–Crippen LogP) is 5.52. The molecular formula is C30H31ClN6O2. The van der Waals surface area contributed by atoms with Crippen LogP contribution >= 0.6 is 11.6 Å². The number of carbonyl (C=O) groups is 2. The summed E-state index contributed by atoms with van der Waals surface area (Å²) >= 11 is 6.25. The van der Waals surface area contributed by atoms with Gasteiger partial charge >= 0.3 is 0 Å². The molecule has 9 heteroatoms. The fourth-order valence-electron chi connectivity index (χ4n) is 4.94. The van der Waals surface area contributed by atoms with Gasteiger partial charge in [0, 0.05) is 43.3 Å². The van der Waals surface area contributed by atoms with E-state index >= 15 is 0 Å². The Morgan fingerprint density at radius 3 is 2.33 bits per heavy atom. The molecule has 2 aromatic carbocycles. The van der Waals surface area contributed by atoms with Crippen LogP contribution in [-0.4, -0.2) is 46.2 Å². The van der Waals surface area contributed by atoms with Gasteiger partial charge in [0.05, 0.1) is 16.3 Å². The van der Waals surface area contributed by atoms with Crippen molar-refractivity contribution in [3.63, 3.8) is 0 Å². The average molecular weight is 543 g/mol. The van der Waals surface area contributed by atoms with Crippen molar-refractivity contribution in [1.29, 1.82) is 0 Å². The average Bonchev–Trinajstić information content (AvgIpc) is 3.30. The van der Waals surface area contributed by atoms with Gasteiger partial charge in [-0.05, 0) is 68.5 Å². The molecule has 5 rings (SSSR count). The zero-order valence-corrected chi connectivity index (χ0v) is 22.6. The summed E-state index contributed by atoms with van der Waals surface area (Å²) in [4.78, 5) is 32.8. The van der Waals surface area contributed by atoms with E-state index < -0.39 is 0 Å². The van der Waals surface area contributed by atoms with Crippen LogP contribution < -0.4 is 15.5 Å². The van der Waals surface area contributed by atoms with Crippen molar-refractivity contribution in [3.8, 4) is 5.69 Å². The zero-order valence-electron chi connectivity index (χ0n) is 21.8. The lowest BCUT2D eigenvalue weighted by molar-refractivity contribution is 0.0943. The molecule has 0 atom stereocenters. The summed E-state index contributed by atoms with van der Waals surface area (Å²) in [6, 6.07) is 20.3. The van der Waals surface area contributed by atoms with E-state index in [2.05, 4.69) is 25.6 Å². The number of aromatic nitrogens is 3. The van der Waals surface area contributed by atoms with Crippen LogP contribution in [0.25, 0.3) is 5.69 Å². The molecule has 0 bridgehead atoms. The highest BCUT2D eigenvalue weighted by Crippen LogP contribution is 2.26. The minimum atomic E-state index is -0.370. The first-order chi connectivity index (χ1) is 19.0. The summed E-state index contributed by atoms with van der Waals surface area (Å²) in [5.41, 5.74) is 3.15. The number of hydrogen-bond acceptors (Lipinski definition) is 5. The van der Waals surface area contributed by atoms with Gasteiger partial charge < -0.3 is 15.5 Å². The number of para-hydroxylation sites is 1. The summed E-state index contributed by atoms with van der Waals surface area (Å²) in [5.74, 6) is 0.354. The fourth-order valence-corrected chi connectivity index (χ4v) is 5.16. The normalized spacial score (nSPS) is 13.7. The number of piperidine rings is 1. The van der Waals surface area contributed by atoms with Crippen molar-refractivity contribution >= 4 is 34.9 Å². The molecule has 1 aliphatic rings. The predicted molar refractivity (Wildman–Crippen MR) is 154 cm³/mol. The number of nitrogens with one attached hydrogen (secondary N) is 2. The molecule has 200 valence electrons. The molecular weight excluding hydrogens is 512 g/mol. The van der Waals surface area contributed by atoms with Gasteiger partial charge in [-0.1, -0.05) is 41.9 Å². The number of pyridine rings is 1. The number of halogens is 1. The molecule has 0 spiro atoms. The van der Waals surface area contributed by atoms with E-state index in [-0.39, 0.29) is 17.5 Å². The zero-order chi connectivity index (χ0) is 27.2. The maximum atomic E-state index is 13.2. The molecule has 2 aromatic heterocycles. The van der Waals surface area contributed by atoms with E-state index in [1.54, 1.807) is 35.9 Å². The Balaban J connectivity index is 1.25. The Labute approximate surface area is 233 Å². The lowest BCUT2D eigenvalue weighted by Crippen LogP contribution is -2.35. The highest BCUT2D eigenvalue weighted by atomic mass is 35.5.